The van der Waals surface area contributed by atoms with E-state index < -0.39 is 28.7 Å². The summed E-state index contributed by atoms with van der Waals surface area (Å²) >= 11 is 0. The molecule has 1 atom stereocenters. The fraction of sp³-hybridized carbons (Fsp3) is 0.258. The van der Waals surface area contributed by atoms with E-state index in [1.54, 1.807) is 32.2 Å². The number of para-hydroxylation sites is 1. The summed E-state index contributed by atoms with van der Waals surface area (Å²) in [5, 5.41) is 11.9. The summed E-state index contributed by atoms with van der Waals surface area (Å²) < 4.78 is 7.12. The lowest BCUT2D eigenvalue weighted by atomic mass is 9.85. The molecule has 0 aliphatic carbocycles. The Morgan fingerprint density at radius 3 is 2.45 bits per heavy atom. The van der Waals surface area contributed by atoms with Crippen LogP contribution in [0.1, 0.15) is 49.8 Å². The summed E-state index contributed by atoms with van der Waals surface area (Å²) in [5.41, 5.74) is 7.23. The number of hydrogen-bond acceptors (Lipinski definition) is 9. The van der Waals surface area contributed by atoms with Gasteiger partial charge in [0.05, 0.1) is 28.9 Å². The monoisotopic (exact) mass is 565 g/mol. The van der Waals surface area contributed by atoms with Gasteiger partial charge in [-0.1, -0.05) is 62.4 Å². The lowest BCUT2D eigenvalue weighted by Crippen LogP contribution is -2.46. The first-order valence-corrected chi connectivity index (χ1v) is 13.5. The lowest BCUT2D eigenvalue weighted by molar-refractivity contribution is -0.122. The van der Waals surface area contributed by atoms with Crippen LogP contribution in [0.4, 0.5) is 5.82 Å². The molecule has 2 aromatic carbocycles. The number of fused-ring (bicyclic) bond motifs is 1. The van der Waals surface area contributed by atoms with Crippen LogP contribution in [0.3, 0.4) is 0 Å². The second kappa shape index (κ2) is 11.4. The second-order valence-corrected chi connectivity index (χ2v) is 10.9. The molecule has 3 N–H and O–H groups in total. The Morgan fingerprint density at radius 1 is 1.00 bits per heavy atom. The highest BCUT2D eigenvalue weighted by atomic mass is 16.4. The highest BCUT2D eigenvalue weighted by Gasteiger charge is 2.34. The molecule has 214 valence electrons. The molecule has 0 bridgehead atoms. The zero-order valence-electron chi connectivity index (χ0n) is 23.7. The van der Waals surface area contributed by atoms with Crippen molar-refractivity contribution in [3.05, 3.63) is 101 Å². The zero-order valence-corrected chi connectivity index (χ0v) is 23.7. The number of Topliss-reactive ketones (excluding diaryl/α,β-unsaturated/α-hetero) is 1. The minimum Gasteiger partial charge on any atom is -0.417 e. The molecule has 5 aromatic rings. The smallest absolute Gasteiger partial charge is 0.294 e. The van der Waals surface area contributed by atoms with E-state index >= 15 is 0 Å². The van der Waals surface area contributed by atoms with E-state index in [4.69, 9.17) is 10.2 Å². The SMILES string of the molecule is CC(C)C(NC(=O)Cn1c(-c2ccccc2)cnc(N)c1=O)C(=O)c1nnc(C(C)(C)c2cnc3ccccc3c2)o1. The fourth-order valence-corrected chi connectivity index (χ4v) is 4.64. The van der Waals surface area contributed by atoms with Crippen LogP contribution in [0.25, 0.3) is 22.2 Å². The van der Waals surface area contributed by atoms with Crippen LogP contribution in [-0.2, 0) is 16.8 Å². The van der Waals surface area contributed by atoms with Crippen molar-refractivity contribution in [3.63, 3.8) is 0 Å². The third-order valence-electron chi connectivity index (χ3n) is 7.20. The van der Waals surface area contributed by atoms with E-state index in [2.05, 4.69) is 25.5 Å². The Hall–Kier alpha value is -5.19. The van der Waals surface area contributed by atoms with Crippen LogP contribution < -0.4 is 16.6 Å². The topological polar surface area (TPSA) is 159 Å². The number of benzene rings is 2. The summed E-state index contributed by atoms with van der Waals surface area (Å²) in [5.74, 6) is -1.63. The third kappa shape index (κ3) is 5.53. The molecule has 0 saturated heterocycles. The van der Waals surface area contributed by atoms with Gasteiger partial charge in [-0.15, -0.1) is 10.2 Å². The first-order valence-electron chi connectivity index (χ1n) is 13.5. The van der Waals surface area contributed by atoms with Crippen molar-refractivity contribution < 1.29 is 14.0 Å². The number of nitrogens with two attached hydrogens (primary N) is 1. The van der Waals surface area contributed by atoms with Gasteiger partial charge in [-0.2, -0.15) is 0 Å². The Morgan fingerprint density at radius 2 is 1.71 bits per heavy atom. The molecule has 11 nitrogen and oxygen atoms in total. The van der Waals surface area contributed by atoms with Gasteiger partial charge >= 0.3 is 0 Å². The summed E-state index contributed by atoms with van der Waals surface area (Å²) in [4.78, 5) is 48.1. The summed E-state index contributed by atoms with van der Waals surface area (Å²) in [6, 6.07) is 17.8. The van der Waals surface area contributed by atoms with Crippen LogP contribution in [-0.4, -0.2) is 42.5 Å². The Kier molecular flexibility index (Phi) is 7.66. The lowest BCUT2D eigenvalue weighted by Gasteiger charge is -2.21. The second-order valence-electron chi connectivity index (χ2n) is 10.9. The molecule has 0 saturated carbocycles. The maximum Gasteiger partial charge on any atom is 0.294 e. The van der Waals surface area contributed by atoms with E-state index in [9.17, 15) is 14.4 Å². The number of amides is 1. The Balaban J connectivity index is 1.37. The van der Waals surface area contributed by atoms with Crippen LogP contribution in [0.5, 0.6) is 0 Å². The predicted molar refractivity (Wildman–Crippen MR) is 158 cm³/mol. The van der Waals surface area contributed by atoms with Crippen LogP contribution in [0.2, 0.25) is 0 Å². The number of nitrogens with zero attached hydrogens (tertiary/aromatic N) is 5. The first-order chi connectivity index (χ1) is 20.1. The van der Waals surface area contributed by atoms with Gasteiger partial charge in [0.1, 0.15) is 6.54 Å². The van der Waals surface area contributed by atoms with Gasteiger partial charge in [0.15, 0.2) is 5.82 Å². The number of carbonyl (C=O) groups excluding carboxylic acids is 2. The molecule has 5 rings (SSSR count). The Labute approximate surface area is 241 Å². The normalized spacial score (nSPS) is 12.4. The number of hydrogen-bond donors (Lipinski definition) is 2. The molecule has 0 fully saturated rings. The van der Waals surface area contributed by atoms with Gasteiger partial charge in [0.25, 0.3) is 11.4 Å². The van der Waals surface area contributed by atoms with Gasteiger partial charge in [0, 0.05) is 11.6 Å². The maximum atomic E-state index is 13.5. The molecule has 42 heavy (non-hydrogen) atoms. The number of anilines is 1. The average molecular weight is 566 g/mol. The number of pyridine rings is 1. The van der Waals surface area contributed by atoms with Gasteiger partial charge in [0.2, 0.25) is 17.6 Å². The largest absolute Gasteiger partial charge is 0.417 e. The minimum atomic E-state index is -0.980. The highest BCUT2D eigenvalue weighted by molar-refractivity contribution is 5.98. The van der Waals surface area contributed by atoms with Crippen molar-refractivity contribution in [1.29, 1.82) is 0 Å². The summed E-state index contributed by atoms with van der Waals surface area (Å²) in [7, 11) is 0. The van der Waals surface area contributed by atoms with Crippen molar-refractivity contribution in [2.24, 2.45) is 5.92 Å². The summed E-state index contributed by atoms with van der Waals surface area (Å²) in [6.45, 7) is 7.02. The number of nitrogen functional groups attached to an aromatic ring is 1. The van der Waals surface area contributed by atoms with E-state index in [0.29, 0.717) is 11.3 Å². The zero-order chi connectivity index (χ0) is 30.0. The van der Waals surface area contributed by atoms with Gasteiger partial charge in [-0.3, -0.25) is 23.9 Å². The average Bonchev–Trinajstić information content (AvgIpc) is 3.50. The van der Waals surface area contributed by atoms with Crippen molar-refractivity contribution in [3.8, 4) is 11.3 Å². The molecular weight excluding hydrogens is 534 g/mol. The van der Waals surface area contributed by atoms with Crippen molar-refractivity contribution in [2.45, 2.75) is 45.7 Å². The molecule has 0 spiro atoms. The predicted octanol–water partition coefficient (Wildman–Crippen LogP) is 3.77. The van der Waals surface area contributed by atoms with E-state index in [0.717, 1.165) is 16.5 Å². The van der Waals surface area contributed by atoms with E-state index in [-0.39, 0.29) is 30.1 Å². The molecule has 0 radical (unpaired) electrons. The maximum absolute atomic E-state index is 13.5. The molecule has 1 unspecified atom stereocenters. The molecule has 3 aromatic heterocycles. The molecule has 0 aliphatic rings. The quantitative estimate of drug-likeness (QED) is 0.254. The number of rotatable bonds is 9. The van der Waals surface area contributed by atoms with E-state index in [1.807, 2.05) is 62.4 Å². The van der Waals surface area contributed by atoms with Gasteiger partial charge < -0.3 is 15.5 Å². The number of nitrogens with one attached hydrogen (secondary N) is 1. The van der Waals surface area contributed by atoms with Crippen LogP contribution >= 0.6 is 0 Å². The third-order valence-corrected chi connectivity index (χ3v) is 7.20. The van der Waals surface area contributed by atoms with Crippen LogP contribution in [0, 0.1) is 5.92 Å². The minimum absolute atomic E-state index is 0.221. The van der Waals surface area contributed by atoms with Crippen LogP contribution in [0.15, 0.2) is 82.3 Å². The molecule has 11 heteroatoms. The number of ketones is 1. The van der Waals surface area contributed by atoms with Gasteiger partial charge in [-0.25, -0.2) is 4.98 Å². The molecule has 0 aliphatic heterocycles. The highest BCUT2D eigenvalue weighted by Crippen LogP contribution is 2.32. The van der Waals surface area contributed by atoms with Gasteiger partial charge in [-0.05, 0) is 43.0 Å². The Bertz CT molecular complexity index is 1830. The van der Waals surface area contributed by atoms with Crippen molar-refractivity contribution in [2.75, 3.05) is 5.73 Å². The van der Waals surface area contributed by atoms with E-state index in [1.165, 1.54) is 10.8 Å². The first kappa shape index (κ1) is 28.3. The molecular formula is C31H31N7O4. The fourth-order valence-electron chi connectivity index (χ4n) is 4.64. The van der Waals surface area contributed by atoms with Crippen molar-refractivity contribution in [1.82, 2.24) is 30.0 Å². The molecule has 3 heterocycles. The number of carbonyl (C=O) groups is 2. The standard InChI is InChI=1S/C31H31N7O4/c1-18(2)25(35-24(39)17-38-23(16-34-27(32)29(38)41)19-10-6-5-7-11-19)26(40)28-36-37-30(42-28)31(3,4)21-14-20-12-8-9-13-22(20)33-15-21/h5-16,18,25H,17H2,1-4H3,(H2,32,34)(H,35,39). The summed E-state index contributed by atoms with van der Waals surface area (Å²) in [6.07, 6.45) is 3.19. The number of aromatic nitrogens is 5. The van der Waals surface area contributed by atoms with Crippen molar-refractivity contribution >= 4 is 28.4 Å². The molecule has 1 amide bonds.